The van der Waals surface area contributed by atoms with Crippen LogP contribution >= 0.6 is 11.6 Å². The molecule has 1 saturated carbocycles. The number of rotatable bonds is 4. The molecule has 2 unspecified atom stereocenters. The van der Waals surface area contributed by atoms with Gasteiger partial charge in [0.15, 0.2) is 0 Å². The fraction of sp³-hybridized carbons (Fsp3) is 0.500. The number of halogens is 2. The largest absolute Gasteiger partial charge is 0.481 e. The molecule has 1 amide bonds. The molecule has 0 heterocycles. The van der Waals surface area contributed by atoms with E-state index in [2.05, 4.69) is 5.32 Å². The van der Waals surface area contributed by atoms with E-state index in [4.69, 9.17) is 11.6 Å². The van der Waals surface area contributed by atoms with E-state index in [1.807, 2.05) is 0 Å². The molecule has 1 aliphatic rings. The number of carbonyl (C=O) groups is 2. The van der Waals surface area contributed by atoms with Gasteiger partial charge in [0, 0.05) is 5.02 Å². The molecule has 120 valence electrons. The SMILES string of the molecule is CC1(NC(=O)Cc2ccc(F)cc2Cl)CCCCC1C(=O)O. The molecule has 4 nitrogen and oxygen atoms in total. The average molecular weight is 328 g/mol. The van der Waals surface area contributed by atoms with E-state index in [-0.39, 0.29) is 17.4 Å². The first kappa shape index (κ1) is 16.7. The van der Waals surface area contributed by atoms with Gasteiger partial charge in [-0.2, -0.15) is 0 Å². The second kappa shape index (κ2) is 6.65. The molecule has 0 radical (unpaired) electrons. The summed E-state index contributed by atoms with van der Waals surface area (Å²) in [7, 11) is 0. The summed E-state index contributed by atoms with van der Waals surface area (Å²) < 4.78 is 13.0. The molecule has 1 aromatic rings. The molecule has 2 N–H and O–H groups in total. The minimum absolute atomic E-state index is 0.00103. The first-order chi connectivity index (χ1) is 10.3. The zero-order valence-electron chi connectivity index (χ0n) is 12.4. The summed E-state index contributed by atoms with van der Waals surface area (Å²) in [6.45, 7) is 1.77. The van der Waals surface area contributed by atoms with Crippen LogP contribution in [0.15, 0.2) is 18.2 Å². The van der Waals surface area contributed by atoms with Gasteiger partial charge in [0.25, 0.3) is 0 Å². The number of carbonyl (C=O) groups excluding carboxylic acids is 1. The Kier molecular flexibility index (Phi) is 5.06. The van der Waals surface area contributed by atoms with E-state index in [1.54, 1.807) is 6.92 Å². The van der Waals surface area contributed by atoms with Gasteiger partial charge in [-0.25, -0.2) is 4.39 Å². The Morgan fingerprint density at radius 2 is 2.18 bits per heavy atom. The maximum absolute atomic E-state index is 13.0. The van der Waals surface area contributed by atoms with Crippen molar-refractivity contribution in [1.82, 2.24) is 5.32 Å². The van der Waals surface area contributed by atoms with Crippen LogP contribution in [0.2, 0.25) is 5.02 Å². The Hall–Kier alpha value is -1.62. The summed E-state index contributed by atoms with van der Waals surface area (Å²) in [5, 5.41) is 12.4. The topological polar surface area (TPSA) is 66.4 Å². The normalized spacial score (nSPS) is 24.8. The predicted octanol–water partition coefficient (Wildman–Crippen LogP) is 3.17. The Balaban J connectivity index is 2.08. The molecule has 0 aliphatic heterocycles. The monoisotopic (exact) mass is 327 g/mol. The molecule has 0 bridgehead atoms. The number of hydrogen-bond acceptors (Lipinski definition) is 2. The smallest absolute Gasteiger partial charge is 0.308 e. The van der Waals surface area contributed by atoms with Gasteiger partial charge < -0.3 is 10.4 Å². The fourth-order valence-corrected chi connectivity index (χ4v) is 3.31. The molecule has 1 aromatic carbocycles. The van der Waals surface area contributed by atoms with Crippen molar-refractivity contribution < 1.29 is 19.1 Å². The molecule has 1 fully saturated rings. The van der Waals surface area contributed by atoms with Crippen molar-refractivity contribution in [1.29, 1.82) is 0 Å². The Bertz CT molecular complexity index is 593. The predicted molar refractivity (Wildman–Crippen MR) is 81.3 cm³/mol. The molecule has 0 spiro atoms. The van der Waals surface area contributed by atoms with Gasteiger partial charge in [-0.15, -0.1) is 0 Å². The minimum Gasteiger partial charge on any atom is -0.481 e. The number of aliphatic carboxylic acids is 1. The quantitative estimate of drug-likeness (QED) is 0.892. The van der Waals surface area contributed by atoms with Crippen LogP contribution in [-0.2, 0) is 16.0 Å². The van der Waals surface area contributed by atoms with E-state index >= 15 is 0 Å². The van der Waals surface area contributed by atoms with E-state index in [0.717, 1.165) is 18.9 Å². The summed E-state index contributed by atoms with van der Waals surface area (Å²) in [5.41, 5.74) is -0.236. The molecule has 2 rings (SSSR count). The van der Waals surface area contributed by atoms with Crippen molar-refractivity contribution in [3.63, 3.8) is 0 Å². The first-order valence-electron chi connectivity index (χ1n) is 7.29. The zero-order valence-corrected chi connectivity index (χ0v) is 13.1. The third kappa shape index (κ3) is 3.77. The first-order valence-corrected chi connectivity index (χ1v) is 7.67. The lowest BCUT2D eigenvalue weighted by molar-refractivity contribution is -0.146. The van der Waals surface area contributed by atoms with E-state index < -0.39 is 23.2 Å². The molecule has 2 atom stereocenters. The van der Waals surface area contributed by atoms with Crippen molar-refractivity contribution in [3.05, 3.63) is 34.6 Å². The molecule has 6 heteroatoms. The Morgan fingerprint density at radius 3 is 2.82 bits per heavy atom. The van der Waals surface area contributed by atoms with E-state index in [0.29, 0.717) is 18.4 Å². The van der Waals surface area contributed by atoms with Crippen molar-refractivity contribution in [2.45, 2.75) is 44.6 Å². The van der Waals surface area contributed by atoms with Gasteiger partial charge in [-0.1, -0.05) is 30.5 Å². The van der Waals surface area contributed by atoms with Crippen LogP contribution < -0.4 is 5.32 Å². The number of benzene rings is 1. The maximum Gasteiger partial charge on any atom is 0.308 e. The highest BCUT2D eigenvalue weighted by Crippen LogP contribution is 2.34. The highest BCUT2D eigenvalue weighted by molar-refractivity contribution is 6.31. The van der Waals surface area contributed by atoms with Crippen LogP contribution in [0.3, 0.4) is 0 Å². The van der Waals surface area contributed by atoms with Gasteiger partial charge in [0.1, 0.15) is 5.82 Å². The van der Waals surface area contributed by atoms with Crippen LogP contribution in [0, 0.1) is 11.7 Å². The van der Waals surface area contributed by atoms with Gasteiger partial charge >= 0.3 is 5.97 Å². The van der Waals surface area contributed by atoms with Crippen molar-refractivity contribution in [2.75, 3.05) is 0 Å². The second-order valence-electron chi connectivity index (χ2n) is 6.01. The highest BCUT2D eigenvalue weighted by Gasteiger charge is 2.42. The molecular weight excluding hydrogens is 309 g/mol. The summed E-state index contributed by atoms with van der Waals surface area (Å²) in [6.07, 6.45) is 2.93. The number of amides is 1. The highest BCUT2D eigenvalue weighted by atomic mass is 35.5. The lowest BCUT2D eigenvalue weighted by atomic mass is 9.74. The molecule has 22 heavy (non-hydrogen) atoms. The Labute approximate surface area is 133 Å². The minimum atomic E-state index is -0.887. The summed E-state index contributed by atoms with van der Waals surface area (Å²) in [5.74, 6) is -2.24. The zero-order chi connectivity index (χ0) is 16.3. The average Bonchev–Trinajstić information content (AvgIpc) is 2.41. The van der Waals surface area contributed by atoms with E-state index in [1.165, 1.54) is 12.1 Å². The van der Waals surface area contributed by atoms with Gasteiger partial charge in [-0.05, 0) is 37.5 Å². The third-order valence-electron chi connectivity index (χ3n) is 4.30. The van der Waals surface area contributed by atoms with Crippen LogP contribution in [0.25, 0.3) is 0 Å². The fourth-order valence-electron chi connectivity index (χ4n) is 3.08. The standard InChI is InChI=1S/C16H19ClFNO3/c1-16(7-3-2-4-12(16)15(21)22)19-14(20)8-10-5-6-11(18)9-13(10)17/h5-6,9,12H,2-4,7-8H2,1H3,(H,19,20)(H,21,22). The lowest BCUT2D eigenvalue weighted by Crippen LogP contribution is -2.55. The van der Waals surface area contributed by atoms with Crippen molar-refractivity contribution in [3.8, 4) is 0 Å². The van der Waals surface area contributed by atoms with Gasteiger partial charge in [0.05, 0.1) is 17.9 Å². The Morgan fingerprint density at radius 1 is 1.45 bits per heavy atom. The number of carboxylic acids is 1. The molecule has 0 saturated heterocycles. The molecule has 0 aromatic heterocycles. The molecular formula is C16H19ClFNO3. The van der Waals surface area contributed by atoms with E-state index in [9.17, 15) is 19.1 Å². The summed E-state index contributed by atoms with van der Waals surface area (Å²) >= 11 is 5.92. The summed E-state index contributed by atoms with van der Waals surface area (Å²) in [4.78, 5) is 23.6. The third-order valence-corrected chi connectivity index (χ3v) is 4.65. The number of nitrogens with one attached hydrogen (secondary N) is 1. The number of carboxylic acid groups (broad SMARTS) is 1. The van der Waals surface area contributed by atoms with Crippen LogP contribution in [-0.4, -0.2) is 22.5 Å². The van der Waals surface area contributed by atoms with Crippen LogP contribution in [0.5, 0.6) is 0 Å². The number of hydrogen-bond donors (Lipinski definition) is 2. The lowest BCUT2D eigenvalue weighted by Gasteiger charge is -2.39. The molecule has 1 aliphatic carbocycles. The van der Waals surface area contributed by atoms with Crippen molar-refractivity contribution >= 4 is 23.5 Å². The van der Waals surface area contributed by atoms with Gasteiger partial charge in [0.2, 0.25) is 5.91 Å². The van der Waals surface area contributed by atoms with Crippen molar-refractivity contribution in [2.24, 2.45) is 5.92 Å². The van der Waals surface area contributed by atoms with Crippen LogP contribution in [0.1, 0.15) is 38.2 Å². The summed E-state index contributed by atoms with van der Waals surface area (Å²) in [6, 6.07) is 3.87. The van der Waals surface area contributed by atoms with Crippen LogP contribution in [0.4, 0.5) is 4.39 Å². The second-order valence-corrected chi connectivity index (χ2v) is 6.42. The maximum atomic E-state index is 13.0. The van der Waals surface area contributed by atoms with Gasteiger partial charge in [-0.3, -0.25) is 9.59 Å².